The second-order valence-corrected chi connectivity index (χ2v) is 2.11. The first kappa shape index (κ1) is 7.00. The minimum absolute atomic E-state index is 0.225. The van der Waals surface area contributed by atoms with Gasteiger partial charge in [0, 0.05) is 5.56 Å². The Hall–Kier alpha value is -1.11. The molecule has 0 saturated carbocycles. The highest BCUT2D eigenvalue weighted by Gasteiger charge is 1.99. The van der Waals surface area contributed by atoms with Gasteiger partial charge in [-0.15, -0.1) is 0 Å². The Labute approximate surface area is 60.0 Å². The summed E-state index contributed by atoms with van der Waals surface area (Å²) in [6, 6.07) is 5.15. The van der Waals surface area contributed by atoms with E-state index in [0.717, 1.165) is 0 Å². The summed E-state index contributed by atoms with van der Waals surface area (Å²) in [5.74, 6) is -0.225. The smallest absolute Gasteiger partial charge is 0.133 e. The van der Waals surface area contributed by atoms with Crippen LogP contribution in [0.4, 0.5) is 4.39 Å². The van der Waals surface area contributed by atoms with Crippen molar-refractivity contribution >= 4 is 0 Å². The van der Waals surface area contributed by atoms with Crippen molar-refractivity contribution in [3.05, 3.63) is 47.8 Å². The number of benzene rings is 1. The van der Waals surface area contributed by atoms with Gasteiger partial charge in [0.2, 0.25) is 0 Å². The quantitative estimate of drug-likeness (QED) is 0.555. The lowest BCUT2D eigenvalue weighted by Crippen LogP contribution is -1.85. The highest BCUT2D eigenvalue weighted by Crippen LogP contribution is 2.10. The fourth-order valence-corrected chi connectivity index (χ4v) is 0.784. The molecule has 0 bridgehead atoms. The maximum absolute atomic E-state index is 12.9. The molecule has 1 aromatic carbocycles. The summed E-state index contributed by atoms with van der Waals surface area (Å²) < 4.78 is 12.9. The van der Waals surface area contributed by atoms with E-state index >= 15 is 0 Å². The Balaban J connectivity index is 3.27. The number of halogens is 1. The van der Waals surface area contributed by atoms with Crippen molar-refractivity contribution in [2.75, 3.05) is 0 Å². The first-order valence-electron chi connectivity index (χ1n) is 3.04. The molecule has 0 saturated heterocycles. The second-order valence-electron chi connectivity index (χ2n) is 2.11. The lowest BCUT2D eigenvalue weighted by Gasteiger charge is -1.97. The van der Waals surface area contributed by atoms with Gasteiger partial charge in [-0.2, -0.15) is 0 Å². The number of hydrogen-bond acceptors (Lipinski definition) is 0. The first-order valence-corrected chi connectivity index (χ1v) is 3.04. The van der Waals surface area contributed by atoms with Crippen LogP contribution in [-0.4, -0.2) is 0 Å². The molecule has 0 aliphatic rings. The molecule has 51 valence electrons. The Morgan fingerprint density at radius 2 is 2.20 bits per heavy atom. The molecule has 0 aliphatic heterocycles. The van der Waals surface area contributed by atoms with E-state index in [1.54, 1.807) is 25.1 Å². The van der Waals surface area contributed by atoms with Crippen molar-refractivity contribution in [2.24, 2.45) is 0 Å². The van der Waals surface area contributed by atoms with Crippen LogP contribution in [0.1, 0.15) is 11.1 Å². The van der Waals surface area contributed by atoms with Gasteiger partial charge in [0.25, 0.3) is 0 Å². The van der Waals surface area contributed by atoms with Crippen LogP contribution in [0.3, 0.4) is 0 Å². The van der Waals surface area contributed by atoms with Crippen LogP contribution in [0, 0.1) is 18.8 Å². The van der Waals surface area contributed by atoms with Crippen molar-refractivity contribution in [1.29, 1.82) is 0 Å². The molecule has 0 spiro atoms. The standard InChI is InChI=1S/C9H8F/c1-3-8-6-4-5-7(2)9(8)10/h4-6H,1H2,2H3. The SMILES string of the molecule is C=[C]c1cccc(C)c1F. The predicted molar refractivity (Wildman–Crippen MR) is 39.1 cm³/mol. The Bertz CT molecular complexity index is 251. The van der Waals surface area contributed by atoms with Crippen molar-refractivity contribution in [3.8, 4) is 0 Å². The van der Waals surface area contributed by atoms with E-state index in [1.807, 2.05) is 0 Å². The van der Waals surface area contributed by atoms with E-state index in [4.69, 9.17) is 0 Å². The van der Waals surface area contributed by atoms with Gasteiger partial charge in [-0.3, -0.25) is 0 Å². The van der Waals surface area contributed by atoms with Gasteiger partial charge in [-0.05, 0) is 18.6 Å². The lowest BCUT2D eigenvalue weighted by atomic mass is 10.1. The number of rotatable bonds is 1. The molecular formula is C9H8F. The van der Waals surface area contributed by atoms with Gasteiger partial charge in [0.05, 0.1) is 0 Å². The van der Waals surface area contributed by atoms with E-state index in [1.165, 1.54) is 0 Å². The van der Waals surface area contributed by atoms with Crippen LogP contribution < -0.4 is 0 Å². The van der Waals surface area contributed by atoms with Gasteiger partial charge in [0.1, 0.15) is 5.82 Å². The molecule has 0 amide bonds. The predicted octanol–water partition coefficient (Wildman–Crippen LogP) is 2.47. The van der Waals surface area contributed by atoms with Crippen molar-refractivity contribution in [2.45, 2.75) is 6.92 Å². The highest BCUT2D eigenvalue weighted by atomic mass is 19.1. The lowest BCUT2D eigenvalue weighted by molar-refractivity contribution is 0.613. The summed E-state index contributed by atoms with van der Waals surface area (Å²) in [6.07, 6.45) is 2.51. The summed E-state index contributed by atoms with van der Waals surface area (Å²) in [7, 11) is 0. The molecule has 0 heterocycles. The summed E-state index contributed by atoms with van der Waals surface area (Å²) in [5.41, 5.74) is 1.08. The maximum Gasteiger partial charge on any atom is 0.133 e. The normalized spacial score (nSPS) is 9.40. The molecular weight excluding hydrogens is 127 g/mol. The van der Waals surface area contributed by atoms with Crippen molar-refractivity contribution in [3.63, 3.8) is 0 Å². The monoisotopic (exact) mass is 135 g/mol. The largest absolute Gasteiger partial charge is 0.206 e. The van der Waals surface area contributed by atoms with E-state index in [9.17, 15) is 4.39 Å². The molecule has 0 unspecified atom stereocenters. The van der Waals surface area contributed by atoms with Crippen LogP contribution in [0.2, 0.25) is 0 Å². The molecule has 0 nitrogen and oxygen atoms in total. The fraction of sp³-hybridized carbons (Fsp3) is 0.111. The zero-order chi connectivity index (χ0) is 7.56. The van der Waals surface area contributed by atoms with Crippen LogP contribution in [0.15, 0.2) is 24.8 Å². The highest BCUT2D eigenvalue weighted by molar-refractivity contribution is 5.28. The maximum atomic E-state index is 12.9. The van der Waals surface area contributed by atoms with E-state index < -0.39 is 0 Å². The van der Waals surface area contributed by atoms with Crippen molar-refractivity contribution < 1.29 is 4.39 Å². The van der Waals surface area contributed by atoms with E-state index in [0.29, 0.717) is 11.1 Å². The van der Waals surface area contributed by atoms with E-state index in [2.05, 4.69) is 12.7 Å². The first-order chi connectivity index (χ1) is 4.75. The summed E-state index contributed by atoms with van der Waals surface area (Å²) in [6.45, 7) is 5.09. The van der Waals surface area contributed by atoms with Crippen LogP contribution in [0.5, 0.6) is 0 Å². The average molecular weight is 135 g/mol. The van der Waals surface area contributed by atoms with Gasteiger partial charge in [-0.25, -0.2) is 4.39 Å². The molecule has 1 rings (SSSR count). The third-order valence-electron chi connectivity index (χ3n) is 1.38. The van der Waals surface area contributed by atoms with Crippen LogP contribution in [0.25, 0.3) is 0 Å². The minimum Gasteiger partial charge on any atom is -0.206 e. The summed E-state index contributed by atoms with van der Waals surface area (Å²) in [5, 5.41) is 0. The zero-order valence-corrected chi connectivity index (χ0v) is 5.82. The fourth-order valence-electron chi connectivity index (χ4n) is 0.784. The van der Waals surface area contributed by atoms with E-state index in [-0.39, 0.29) is 5.82 Å². The van der Waals surface area contributed by atoms with Gasteiger partial charge < -0.3 is 0 Å². The van der Waals surface area contributed by atoms with Crippen LogP contribution in [-0.2, 0) is 0 Å². The third kappa shape index (κ3) is 1.08. The molecule has 0 atom stereocenters. The topological polar surface area (TPSA) is 0 Å². The molecule has 0 N–H and O–H groups in total. The minimum atomic E-state index is -0.225. The van der Waals surface area contributed by atoms with Crippen LogP contribution >= 0.6 is 0 Å². The number of aryl methyl sites for hydroxylation is 1. The molecule has 1 radical (unpaired) electrons. The number of hydrogen-bond donors (Lipinski definition) is 0. The van der Waals surface area contributed by atoms with Gasteiger partial charge in [0.15, 0.2) is 0 Å². The van der Waals surface area contributed by atoms with Crippen molar-refractivity contribution in [1.82, 2.24) is 0 Å². The Kier molecular flexibility index (Phi) is 1.86. The Morgan fingerprint density at radius 3 is 2.70 bits per heavy atom. The molecule has 10 heavy (non-hydrogen) atoms. The Morgan fingerprint density at radius 1 is 1.50 bits per heavy atom. The summed E-state index contributed by atoms with van der Waals surface area (Å²) >= 11 is 0. The van der Waals surface area contributed by atoms with Gasteiger partial charge >= 0.3 is 0 Å². The molecule has 1 aromatic rings. The molecule has 0 aliphatic carbocycles. The molecule has 0 fully saturated rings. The zero-order valence-electron chi connectivity index (χ0n) is 5.82. The summed E-state index contributed by atoms with van der Waals surface area (Å²) in [4.78, 5) is 0. The van der Waals surface area contributed by atoms with Gasteiger partial charge in [-0.1, -0.05) is 24.8 Å². The third-order valence-corrected chi connectivity index (χ3v) is 1.38. The molecule has 0 aromatic heterocycles. The molecule has 1 heteroatoms. The average Bonchev–Trinajstić information content (AvgIpc) is 1.95. The second kappa shape index (κ2) is 2.65.